The Labute approximate surface area is 268 Å². The van der Waals surface area contributed by atoms with Gasteiger partial charge in [-0.05, 0) is 45.0 Å². The number of aromatic carboxylic acids is 1. The Bertz CT molecular complexity index is 1730. The number of rotatable bonds is 5. The topological polar surface area (TPSA) is 143 Å². The molecule has 0 radical (unpaired) electrons. The number of carbonyl (C=O) groups is 2. The molecule has 1 amide bonds. The number of aromatic nitrogens is 3. The van der Waals surface area contributed by atoms with Gasteiger partial charge in [0.1, 0.15) is 0 Å². The van der Waals surface area contributed by atoms with Crippen molar-refractivity contribution >= 4 is 17.6 Å². The molecule has 0 spiro atoms. The zero-order valence-electron chi connectivity index (χ0n) is 24.8. The van der Waals surface area contributed by atoms with Crippen molar-refractivity contribution in [2.45, 2.75) is 57.3 Å². The van der Waals surface area contributed by atoms with Crippen molar-refractivity contribution in [1.29, 1.82) is 0 Å². The van der Waals surface area contributed by atoms with Crippen molar-refractivity contribution in [2.24, 2.45) is 0 Å². The van der Waals surface area contributed by atoms with Crippen molar-refractivity contribution in [3.63, 3.8) is 0 Å². The summed E-state index contributed by atoms with van der Waals surface area (Å²) in [7, 11) is 0. The number of hydrogen-bond donors (Lipinski definition) is 4. The number of pyridine rings is 2. The summed E-state index contributed by atoms with van der Waals surface area (Å²) >= 11 is 0. The number of nitrogens with one attached hydrogen (secondary N) is 1. The summed E-state index contributed by atoms with van der Waals surface area (Å²) < 4.78 is 193. The van der Waals surface area contributed by atoms with Gasteiger partial charge in [0.25, 0.3) is 5.91 Å². The number of halogens is 15. The van der Waals surface area contributed by atoms with Crippen molar-refractivity contribution in [3.05, 3.63) is 69.6 Å². The highest BCUT2D eigenvalue weighted by molar-refractivity contribution is 5.97. The monoisotopic (exact) mass is 751 g/mol. The van der Waals surface area contributed by atoms with Crippen molar-refractivity contribution in [1.82, 2.24) is 19.9 Å². The van der Waals surface area contributed by atoms with Gasteiger partial charge in [0.05, 0.1) is 29.0 Å². The molecular weight excluding hydrogens is 731 g/mol. The first kappa shape index (κ1) is 41.4. The Hall–Kier alpha value is -4.77. The van der Waals surface area contributed by atoms with Gasteiger partial charge in [0.2, 0.25) is 0 Å². The molecule has 0 aliphatic carbocycles. The predicted octanol–water partition coefficient (Wildman–Crippen LogP) is 6.97. The minimum absolute atomic E-state index is 0.166. The summed E-state index contributed by atoms with van der Waals surface area (Å²) in [5.41, 5.74) is -10.9. The van der Waals surface area contributed by atoms with E-state index < -0.39 is 100 Å². The van der Waals surface area contributed by atoms with Crippen LogP contribution in [0.4, 0.5) is 71.5 Å². The van der Waals surface area contributed by atoms with Gasteiger partial charge in [-0.25, -0.2) is 14.8 Å². The number of nitrogens with zero attached hydrogens (tertiary/aromatic N) is 3. The molecule has 24 heteroatoms. The summed E-state index contributed by atoms with van der Waals surface area (Å²) in [5, 5.41) is 19.7. The van der Waals surface area contributed by atoms with E-state index >= 15 is 0 Å². The number of anilines is 1. The van der Waals surface area contributed by atoms with Crippen LogP contribution < -0.4 is 11.1 Å². The van der Waals surface area contributed by atoms with Gasteiger partial charge in [-0.2, -0.15) is 65.9 Å². The predicted molar refractivity (Wildman–Crippen MR) is 138 cm³/mol. The van der Waals surface area contributed by atoms with Crippen molar-refractivity contribution in [2.75, 3.05) is 12.3 Å². The number of carbonyl (C=O) groups excluding carboxylic acids is 1. The molecule has 3 rings (SSSR count). The van der Waals surface area contributed by atoms with E-state index in [4.69, 9.17) is 15.9 Å². The third-order valence-electron chi connectivity index (χ3n) is 6.34. The van der Waals surface area contributed by atoms with Crippen LogP contribution in [0.3, 0.4) is 0 Å². The Morgan fingerprint density at radius 3 is 1.50 bits per heavy atom. The summed E-state index contributed by atoms with van der Waals surface area (Å²) in [6.07, 6.45) is -27.1. The van der Waals surface area contributed by atoms with E-state index in [1.807, 2.05) is 0 Å². The Morgan fingerprint density at radius 1 is 0.740 bits per heavy atom. The molecule has 3 heterocycles. The lowest BCUT2D eigenvalue weighted by Gasteiger charge is -2.26. The maximum atomic E-state index is 13.0. The van der Waals surface area contributed by atoms with E-state index in [0.717, 1.165) is 4.57 Å². The molecule has 0 bridgehead atoms. The summed E-state index contributed by atoms with van der Waals surface area (Å²) in [6, 6.07) is 2.95. The largest absolute Gasteiger partial charge is 0.476 e. The number of amides is 1. The van der Waals surface area contributed by atoms with Gasteiger partial charge in [-0.15, -0.1) is 0 Å². The standard InChI is InChI=1S/C14H10F6N2O2.C12H10F9N3O2/c1-6-3-4-7(2)22(6)9-5-8(13(15,16)17)11(14(18,19)20)21-10(9)12(23)24;1-9(26,12(19,20)21)3-23-8(25)6-5(22)2-4(10(13,14)15)7(24-6)11(16,17)18/h3-5H,1-2H3,(H,23,24);2,26H,3,22H2,1H3,(H,23,25). The number of carboxylic acid groups (broad SMARTS) is 1. The third kappa shape index (κ3) is 9.26. The number of nitrogen functional groups attached to an aromatic ring is 1. The molecular formula is C26H20F15N5O4. The summed E-state index contributed by atoms with van der Waals surface area (Å²) in [4.78, 5) is 28.3. The first-order valence-electron chi connectivity index (χ1n) is 12.8. The van der Waals surface area contributed by atoms with Crippen LogP contribution in [-0.4, -0.2) is 54.9 Å². The highest BCUT2D eigenvalue weighted by Crippen LogP contribution is 2.42. The molecule has 0 aliphatic heterocycles. The molecule has 0 saturated heterocycles. The Morgan fingerprint density at radius 2 is 1.14 bits per heavy atom. The highest BCUT2D eigenvalue weighted by atomic mass is 19.4. The second-order valence-corrected chi connectivity index (χ2v) is 10.3. The smallest absolute Gasteiger partial charge is 0.433 e. The molecule has 3 aromatic rings. The number of aryl methyl sites for hydroxylation is 2. The first-order chi connectivity index (χ1) is 22.2. The zero-order valence-corrected chi connectivity index (χ0v) is 24.8. The van der Waals surface area contributed by atoms with Crippen LogP contribution in [0, 0.1) is 13.8 Å². The molecule has 9 nitrogen and oxygen atoms in total. The molecule has 0 aliphatic rings. The van der Waals surface area contributed by atoms with Crippen LogP contribution in [0.15, 0.2) is 24.3 Å². The van der Waals surface area contributed by atoms with Gasteiger partial charge in [-0.3, -0.25) is 4.79 Å². The molecule has 1 atom stereocenters. The molecule has 1 unspecified atom stereocenters. The molecule has 0 saturated carbocycles. The summed E-state index contributed by atoms with van der Waals surface area (Å²) in [5.74, 6) is -3.59. The van der Waals surface area contributed by atoms with Gasteiger partial charge in [0.15, 0.2) is 28.4 Å². The number of nitrogens with two attached hydrogens (primary N) is 1. The quantitative estimate of drug-likeness (QED) is 0.206. The second kappa shape index (κ2) is 13.5. The van der Waals surface area contributed by atoms with E-state index in [1.165, 1.54) is 31.3 Å². The lowest BCUT2D eigenvalue weighted by Crippen LogP contribution is -2.51. The minimum atomic E-state index is -5.62. The Balaban J connectivity index is 0.000000348. The van der Waals surface area contributed by atoms with Crippen LogP contribution in [0.5, 0.6) is 0 Å². The van der Waals surface area contributed by atoms with E-state index in [9.17, 15) is 75.4 Å². The Kier molecular flexibility index (Phi) is 11.2. The SMILES string of the molecule is CC(O)(CNC(=O)c1nc(C(F)(F)F)c(C(F)(F)F)cc1N)C(F)(F)F.Cc1ccc(C)n1-c1cc(C(F)(F)F)c(C(F)(F)F)nc1C(=O)O. The van der Waals surface area contributed by atoms with Gasteiger partial charge < -0.3 is 25.8 Å². The number of hydrogen-bond acceptors (Lipinski definition) is 6. The van der Waals surface area contributed by atoms with Crippen LogP contribution in [0.25, 0.3) is 5.69 Å². The molecule has 278 valence electrons. The van der Waals surface area contributed by atoms with E-state index in [-0.39, 0.29) is 19.1 Å². The third-order valence-corrected chi connectivity index (χ3v) is 6.34. The van der Waals surface area contributed by atoms with Crippen LogP contribution in [-0.2, 0) is 24.7 Å². The average molecular weight is 751 g/mol. The molecule has 50 heavy (non-hydrogen) atoms. The lowest BCUT2D eigenvalue weighted by atomic mass is 10.1. The number of aliphatic hydroxyl groups is 1. The molecule has 0 fully saturated rings. The fourth-order valence-corrected chi connectivity index (χ4v) is 3.89. The average Bonchev–Trinajstić information content (AvgIpc) is 3.25. The number of carboxylic acids is 1. The normalized spacial score (nSPS) is 14.1. The fourth-order valence-electron chi connectivity index (χ4n) is 3.89. The fraction of sp³-hybridized carbons (Fsp3) is 0.385. The maximum Gasteiger partial charge on any atom is 0.433 e. The zero-order chi connectivity index (χ0) is 39.2. The van der Waals surface area contributed by atoms with Crippen LogP contribution in [0.2, 0.25) is 0 Å². The van der Waals surface area contributed by atoms with Gasteiger partial charge >= 0.3 is 36.9 Å². The van der Waals surface area contributed by atoms with E-state index in [1.54, 1.807) is 0 Å². The first-order valence-corrected chi connectivity index (χ1v) is 12.8. The van der Waals surface area contributed by atoms with E-state index in [2.05, 4.69) is 9.97 Å². The van der Waals surface area contributed by atoms with E-state index in [0.29, 0.717) is 11.4 Å². The summed E-state index contributed by atoms with van der Waals surface area (Å²) in [6.45, 7) is 1.71. The minimum Gasteiger partial charge on any atom is -0.476 e. The highest BCUT2D eigenvalue weighted by Gasteiger charge is 2.51. The van der Waals surface area contributed by atoms with Crippen molar-refractivity contribution in [3.8, 4) is 5.69 Å². The molecule has 3 aromatic heterocycles. The molecule has 5 N–H and O–H groups in total. The second-order valence-electron chi connectivity index (χ2n) is 10.3. The lowest BCUT2D eigenvalue weighted by molar-refractivity contribution is -0.249. The van der Waals surface area contributed by atoms with Crippen LogP contribution in [0.1, 0.15) is 61.8 Å². The maximum absolute atomic E-state index is 13.0. The number of alkyl halides is 15. The van der Waals surface area contributed by atoms with Crippen molar-refractivity contribution < 1.29 is 85.7 Å². The van der Waals surface area contributed by atoms with Crippen LogP contribution >= 0.6 is 0 Å². The van der Waals surface area contributed by atoms with Gasteiger partial charge in [-0.1, -0.05) is 0 Å². The molecule has 0 aromatic carbocycles. The van der Waals surface area contributed by atoms with Gasteiger partial charge in [0, 0.05) is 11.4 Å².